The molecule has 4 rings (SSSR count). The molecule has 1 atom stereocenters. The number of nitro groups is 1. The van der Waals surface area contributed by atoms with Crippen molar-refractivity contribution in [1.82, 2.24) is 20.0 Å². The van der Waals surface area contributed by atoms with Gasteiger partial charge in [0.25, 0.3) is 5.69 Å². The molecule has 8 nitrogen and oxygen atoms in total. The summed E-state index contributed by atoms with van der Waals surface area (Å²) in [4.78, 5) is 25.2. The van der Waals surface area contributed by atoms with Gasteiger partial charge in [-0.05, 0) is 44.2 Å². The molecule has 1 aliphatic heterocycles. The van der Waals surface area contributed by atoms with Gasteiger partial charge in [-0.1, -0.05) is 0 Å². The Morgan fingerprint density at radius 2 is 2.19 bits per heavy atom. The SMILES string of the molecule is O=C(NCC1CC1)C1CCCN(Cn2ncc3ccc([N+](=O)[O-])cc32)C1. The third-order valence-electron chi connectivity index (χ3n) is 5.31. The predicted molar refractivity (Wildman–Crippen MR) is 96.4 cm³/mol. The smallest absolute Gasteiger partial charge is 0.271 e. The third-order valence-corrected chi connectivity index (χ3v) is 5.31. The molecular weight excluding hydrogens is 334 g/mol. The first-order chi connectivity index (χ1) is 12.6. The molecule has 1 unspecified atom stereocenters. The second-order valence-corrected chi connectivity index (χ2v) is 7.39. The number of carbonyl (C=O) groups excluding carboxylic acids is 1. The molecule has 2 heterocycles. The maximum Gasteiger partial charge on any atom is 0.271 e. The molecule has 1 saturated heterocycles. The van der Waals surface area contributed by atoms with Gasteiger partial charge in [-0.3, -0.25) is 24.5 Å². The van der Waals surface area contributed by atoms with Crippen molar-refractivity contribution in [2.75, 3.05) is 19.6 Å². The monoisotopic (exact) mass is 357 g/mol. The number of carbonyl (C=O) groups is 1. The van der Waals surface area contributed by atoms with Crippen LogP contribution in [0.15, 0.2) is 24.4 Å². The molecule has 0 bridgehead atoms. The summed E-state index contributed by atoms with van der Waals surface area (Å²) in [5, 5.41) is 19.4. The fourth-order valence-corrected chi connectivity index (χ4v) is 3.58. The van der Waals surface area contributed by atoms with Crippen LogP contribution in [0.5, 0.6) is 0 Å². The van der Waals surface area contributed by atoms with Crippen LogP contribution >= 0.6 is 0 Å². The number of fused-ring (bicyclic) bond motifs is 1. The third kappa shape index (κ3) is 3.70. The van der Waals surface area contributed by atoms with E-state index in [4.69, 9.17) is 0 Å². The van der Waals surface area contributed by atoms with E-state index in [9.17, 15) is 14.9 Å². The molecule has 138 valence electrons. The Kier molecular flexibility index (Phi) is 4.58. The van der Waals surface area contributed by atoms with Crippen LogP contribution in [0.2, 0.25) is 0 Å². The van der Waals surface area contributed by atoms with E-state index in [1.54, 1.807) is 23.0 Å². The number of hydrogen-bond acceptors (Lipinski definition) is 5. The number of nitrogens with zero attached hydrogens (tertiary/aromatic N) is 4. The van der Waals surface area contributed by atoms with E-state index >= 15 is 0 Å². The summed E-state index contributed by atoms with van der Waals surface area (Å²) in [6, 6.07) is 4.78. The molecule has 0 radical (unpaired) electrons. The lowest BCUT2D eigenvalue weighted by molar-refractivity contribution is -0.384. The number of amides is 1. The van der Waals surface area contributed by atoms with E-state index in [0.29, 0.717) is 19.1 Å². The summed E-state index contributed by atoms with van der Waals surface area (Å²) in [5.74, 6) is 0.853. The lowest BCUT2D eigenvalue weighted by Crippen LogP contribution is -2.44. The molecule has 1 aromatic carbocycles. The average molecular weight is 357 g/mol. The Morgan fingerprint density at radius 3 is 2.96 bits per heavy atom. The van der Waals surface area contributed by atoms with Gasteiger partial charge in [0, 0.05) is 30.6 Å². The topological polar surface area (TPSA) is 93.3 Å². The number of nitrogens with one attached hydrogen (secondary N) is 1. The number of piperidine rings is 1. The van der Waals surface area contributed by atoms with Crippen molar-refractivity contribution in [2.24, 2.45) is 11.8 Å². The normalized spacial score (nSPS) is 21.0. The highest BCUT2D eigenvalue weighted by molar-refractivity contribution is 5.81. The maximum absolute atomic E-state index is 12.4. The molecular formula is C18H23N5O3. The zero-order valence-electron chi connectivity index (χ0n) is 14.6. The Labute approximate surface area is 151 Å². The van der Waals surface area contributed by atoms with Gasteiger partial charge in [-0.15, -0.1) is 0 Å². The largest absolute Gasteiger partial charge is 0.356 e. The minimum absolute atomic E-state index is 0.0127. The van der Waals surface area contributed by atoms with Gasteiger partial charge in [0.1, 0.15) is 0 Å². The molecule has 8 heteroatoms. The van der Waals surface area contributed by atoms with E-state index in [2.05, 4.69) is 15.3 Å². The molecule has 2 fully saturated rings. The highest BCUT2D eigenvalue weighted by Crippen LogP contribution is 2.28. The van der Waals surface area contributed by atoms with Crippen LogP contribution in [0.4, 0.5) is 5.69 Å². The lowest BCUT2D eigenvalue weighted by Gasteiger charge is -2.31. The zero-order valence-corrected chi connectivity index (χ0v) is 14.6. The fraction of sp³-hybridized carbons (Fsp3) is 0.556. The fourth-order valence-electron chi connectivity index (χ4n) is 3.58. The van der Waals surface area contributed by atoms with Crippen molar-refractivity contribution in [3.63, 3.8) is 0 Å². The highest BCUT2D eigenvalue weighted by atomic mass is 16.6. The van der Waals surface area contributed by atoms with Crippen molar-refractivity contribution < 1.29 is 9.72 Å². The van der Waals surface area contributed by atoms with Crippen molar-refractivity contribution in [3.8, 4) is 0 Å². The van der Waals surface area contributed by atoms with Crippen LogP contribution in [-0.4, -0.2) is 45.1 Å². The van der Waals surface area contributed by atoms with Gasteiger partial charge in [0.05, 0.1) is 29.2 Å². The standard InChI is InChI=1S/C18H23N5O3/c24-18(19-9-13-3-4-13)15-2-1-7-21(11-15)12-22-17-8-16(23(25)26)6-5-14(17)10-20-22/h5-6,8,10,13,15H,1-4,7,9,11-12H2,(H,19,24). The van der Waals surface area contributed by atoms with Crippen LogP contribution in [0.3, 0.4) is 0 Å². The van der Waals surface area contributed by atoms with Crippen LogP contribution in [0.1, 0.15) is 25.7 Å². The molecule has 1 saturated carbocycles. The van der Waals surface area contributed by atoms with Gasteiger partial charge >= 0.3 is 0 Å². The molecule has 1 aromatic heterocycles. The Bertz CT molecular complexity index is 829. The molecule has 1 amide bonds. The number of aromatic nitrogens is 2. The summed E-state index contributed by atoms with van der Waals surface area (Å²) < 4.78 is 1.78. The van der Waals surface area contributed by atoms with E-state index < -0.39 is 4.92 Å². The van der Waals surface area contributed by atoms with Crippen molar-refractivity contribution in [3.05, 3.63) is 34.5 Å². The van der Waals surface area contributed by atoms with E-state index in [0.717, 1.165) is 36.8 Å². The minimum atomic E-state index is -0.391. The number of benzene rings is 1. The van der Waals surface area contributed by atoms with Crippen LogP contribution in [0, 0.1) is 22.0 Å². The second kappa shape index (κ2) is 7.03. The summed E-state index contributed by atoms with van der Waals surface area (Å²) >= 11 is 0. The number of rotatable bonds is 6. The predicted octanol–water partition coefficient (Wildman–Crippen LogP) is 2.14. The number of nitro benzene ring substituents is 1. The quantitative estimate of drug-likeness (QED) is 0.631. The summed E-state index contributed by atoms with van der Waals surface area (Å²) in [6.07, 6.45) is 6.08. The number of likely N-dealkylation sites (tertiary alicyclic amines) is 1. The van der Waals surface area contributed by atoms with Crippen LogP contribution < -0.4 is 5.32 Å². The second-order valence-electron chi connectivity index (χ2n) is 7.39. The molecule has 1 N–H and O–H groups in total. The Morgan fingerprint density at radius 1 is 1.35 bits per heavy atom. The van der Waals surface area contributed by atoms with E-state index in [-0.39, 0.29) is 17.5 Å². The first-order valence-corrected chi connectivity index (χ1v) is 9.20. The Hall–Kier alpha value is -2.48. The van der Waals surface area contributed by atoms with Crippen molar-refractivity contribution >= 4 is 22.5 Å². The minimum Gasteiger partial charge on any atom is -0.356 e. The van der Waals surface area contributed by atoms with Gasteiger partial charge < -0.3 is 5.32 Å². The Balaban J connectivity index is 1.42. The lowest BCUT2D eigenvalue weighted by atomic mass is 9.97. The number of hydrogen-bond donors (Lipinski definition) is 1. The first kappa shape index (κ1) is 17.0. The van der Waals surface area contributed by atoms with Crippen LogP contribution in [-0.2, 0) is 11.5 Å². The van der Waals surface area contributed by atoms with Crippen molar-refractivity contribution in [2.45, 2.75) is 32.4 Å². The van der Waals surface area contributed by atoms with E-state index in [1.807, 2.05) is 0 Å². The molecule has 26 heavy (non-hydrogen) atoms. The molecule has 1 aliphatic carbocycles. The van der Waals surface area contributed by atoms with Crippen molar-refractivity contribution in [1.29, 1.82) is 0 Å². The average Bonchev–Trinajstić information content (AvgIpc) is 3.40. The zero-order chi connectivity index (χ0) is 18.1. The first-order valence-electron chi connectivity index (χ1n) is 9.20. The molecule has 2 aliphatic rings. The van der Waals surface area contributed by atoms with Gasteiger partial charge in [-0.2, -0.15) is 5.10 Å². The van der Waals surface area contributed by atoms with Crippen LogP contribution in [0.25, 0.3) is 10.9 Å². The maximum atomic E-state index is 12.4. The molecule has 0 spiro atoms. The molecule has 2 aromatic rings. The van der Waals surface area contributed by atoms with Gasteiger partial charge in [-0.25, -0.2) is 0 Å². The summed E-state index contributed by atoms with van der Waals surface area (Å²) in [6.45, 7) is 2.95. The number of non-ortho nitro benzene ring substituents is 1. The van der Waals surface area contributed by atoms with E-state index in [1.165, 1.54) is 18.9 Å². The summed E-state index contributed by atoms with van der Waals surface area (Å²) in [5.41, 5.74) is 0.815. The van der Waals surface area contributed by atoms with Gasteiger partial charge in [0.15, 0.2) is 0 Å². The van der Waals surface area contributed by atoms with Gasteiger partial charge in [0.2, 0.25) is 5.91 Å². The summed E-state index contributed by atoms with van der Waals surface area (Å²) in [7, 11) is 0. The highest BCUT2D eigenvalue weighted by Gasteiger charge is 2.28.